The summed E-state index contributed by atoms with van der Waals surface area (Å²) in [5, 5.41) is 10.7. The van der Waals surface area contributed by atoms with Gasteiger partial charge in [-0.15, -0.1) is 0 Å². The molecule has 3 nitrogen and oxygen atoms in total. The number of aromatic amines is 1. The molecular formula is C20H21FN2O. The normalized spacial score (nSPS) is 21.6. The van der Waals surface area contributed by atoms with Gasteiger partial charge in [-0.1, -0.05) is 36.4 Å². The lowest BCUT2D eigenvalue weighted by Gasteiger charge is -2.27. The third-order valence-corrected chi connectivity index (χ3v) is 5.18. The summed E-state index contributed by atoms with van der Waals surface area (Å²) in [7, 11) is 0. The molecule has 0 spiro atoms. The van der Waals surface area contributed by atoms with Gasteiger partial charge in [0.15, 0.2) is 0 Å². The van der Waals surface area contributed by atoms with E-state index in [1.807, 2.05) is 30.3 Å². The number of rotatable bonds is 4. The molecule has 0 aliphatic carbocycles. The summed E-state index contributed by atoms with van der Waals surface area (Å²) in [4.78, 5) is 5.63. The lowest BCUT2D eigenvalue weighted by Crippen LogP contribution is -2.34. The van der Waals surface area contributed by atoms with Crippen LogP contribution in [0.4, 0.5) is 4.39 Å². The van der Waals surface area contributed by atoms with E-state index in [0.717, 1.165) is 37.3 Å². The van der Waals surface area contributed by atoms with Crippen molar-refractivity contribution in [3.8, 4) is 0 Å². The molecule has 4 heteroatoms. The fraction of sp³-hybridized carbons (Fsp3) is 0.300. The minimum absolute atomic E-state index is 0.148. The number of benzene rings is 2. The van der Waals surface area contributed by atoms with Gasteiger partial charge in [-0.05, 0) is 36.7 Å². The van der Waals surface area contributed by atoms with Gasteiger partial charge in [0, 0.05) is 35.1 Å². The molecule has 1 saturated heterocycles. The Labute approximate surface area is 140 Å². The van der Waals surface area contributed by atoms with Crippen LogP contribution in [0.3, 0.4) is 0 Å². The van der Waals surface area contributed by atoms with E-state index < -0.39 is 0 Å². The average Bonchev–Trinajstić information content (AvgIpc) is 3.21. The second-order valence-corrected chi connectivity index (χ2v) is 6.76. The summed E-state index contributed by atoms with van der Waals surface area (Å²) < 4.78 is 13.8. The Balaban J connectivity index is 1.55. The second kappa shape index (κ2) is 6.04. The Hall–Kier alpha value is -2.17. The molecule has 4 rings (SSSR count). The van der Waals surface area contributed by atoms with Crippen molar-refractivity contribution in [2.75, 3.05) is 19.7 Å². The van der Waals surface area contributed by atoms with Crippen LogP contribution in [0, 0.1) is 5.82 Å². The maximum Gasteiger partial charge on any atom is 0.132 e. The van der Waals surface area contributed by atoms with Crippen molar-refractivity contribution in [1.29, 1.82) is 0 Å². The molecule has 0 radical (unpaired) electrons. The fourth-order valence-electron chi connectivity index (χ4n) is 3.84. The molecule has 1 unspecified atom stereocenters. The Morgan fingerprint density at radius 1 is 1.12 bits per heavy atom. The Bertz CT molecular complexity index is 845. The fourth-order valence-corrected chi connectivity index (χ4v) is 3.84. The lowest BCUT2D eigenvalue weighted by molar-refractivity contribution is 0.188. The molecule has 2 N–H and O–H groups in total. The monoisotopic (exact) mass is 324 g/mol. The minimum Gasteiger partial charge on any atom is -0.395 e. The first-order valence-corrected chi connectivity index (χ1v) is 8.35. The zero-order valence-corrected chi connectivity index (χ0v) is 13.5. The van der Waals surface area contributed by atoms with Crippen LogP contribution in [0.5, 0.6) is 0 Å². The van der Waals surface area contributed by atoms with E-state index >= 15 is 0 Å². The summed E-state index contributed by atoms with van der Waals surface area (Å²) in [6.45, 7) is 2.62. The number of fused-ring (bicyclic) bond motifs is 1. The average molecular weight is 324 g/mol. The van der Waals surface area contributed by atoms with Crippen LogP contribution in [0.25, 0.3) is 10.9 Å². The molecule has 3 aromatic rings. The van der Waals surface area contributed by atoms with Crippen molar-refractivity contribution in [3.63, 3.8) is 0 Å². The highest BCUT2D eigenvalue weighted by molar-refractivity contribution is 5.80. The van der Waals surface area contributed by atoms with Gasteiger partial charge in [0.05, 0.1) is 6.61 Å². The number of nitrogens with one attached hydrogen (secondary N) is 1. The van der Waals surface area contributed by atoms with Crippen LogP contribution in [0.1, 0.15) is 17.7 Å². The van der Waals surface area contributed by atoms with Crippen LogP contribution >= 0.6 is 0 Å². The second-order valence-electron chi connectivity index (χ2n) is 6.76. The van der Waals surface area contributed by atoms with E-state index in [1.54, 1.807) is 6.07 Å². The summed E-state index contributed by atoms with van der Waals surface area (Å²) >= 11 is 0. The number of halogens is 1. The number of hydrogen-bond donors (Lipinski definition) is 2. The number of nitrogens with zero attached hydrogens (tertiary/aromatic N) is 1. The van der Waals surface area contributed by atoms with E-state index in [-0.39, 0.29) is 17.8 Å². The third kappa shape index (κ3) is 2.62. The summed E-state index contributed by atoms with van der Waals surface area (Å²) in [6, 6.07) is 17.2. The first-order valence-electron chi connectivity index (χ1n) is 8.35. The molecule has 2 heterocycles. The van der Waals surface area contributed by atoms with Gasteiger partial charge in [0.2, 0.25) is 0 Å². The zero-order chi connectivity index (χ0) is 16.6. The Kier molecular flexibility index (Phi) is 3.87. The molecule has 0 saturated carbocycles. The first-order chi connectivity index (χ1) is 11.7. The van der Waals surface area contributed by atoms with Gasteiger partial charge in [-0.25, -0.2) is 4.39 Å². The number of H-pyrrole nitrogens is 1. The number of hydrogen-bond acceptors (Lipinski definition) is 2. The zero-order valence-electron chi connectivity index (χ0n) is 13.5. The van der Waals surface area contributed by atoms with Gasteiger partial charge >= 0.3 is 0 Å². The maximum absolute atomic E-state index is 13.8. The number of aromatic nitrogens is 1. The number of aliphatic hydroxyl groups excluding tert-OH is 1. The standard InChI is InChI=1S/C20H21FN2O/c21-18-7-4-8-19-17(18)11-16(22-19)12-23-10-9-20(13-23,14-24)15-5-2-1-3-6-15/h1-8,11,22,24H,9-10,12-14H2. The van der Waals surface area contributed by atoms with E-state index in [9.17, 15) is 9.50 Å². The summed E-state index contributed by atoms with van der Waals surface area (Å²) in [5.41, 5.74) is 2.84. The molecule has 1 fully saturated rings. The van der Waals surface area contributed by atoms with Crippen LogP contribution in [0.2, 0.25) is 0 Å². The van der Waals surface area contributed by atoms with Crippen molar-refractivity contribution < 1.29 is 9.50 Å². The molecular weight excluding hydrogens is 303 g/mol. The van der Waals surface area contributed by atoms with Gasteiger partial charge in [-0.2, -0.15) is 0 Å². The molecule has 0 amide bonds. The first kappa shape index (κ1) is 15.4. The molecule has 24 heavy (non-hydrogen) atoms. The predicted octanol–water partition coefficient (Wildman–Crippen LogP) is 3.44. The van der Waals surface area contributed by atoms with Crippen LogP contribution in [-0.4, -0.2) is 34.7 Å². The Morgan fingerprint density at radius 2 is 1.96 bits per heavy atom. The van der Waals surface area contributed by atoms with E-state index in [4.69, 9.17) is 0 Å². The highest BCUT2D eigenvalue weighted by Gasteiger charge is 2.39. The topological polar surface area (TPSA) is 39.3 Å². The molecule has 2 aromatic carbocycles. The van der Waals surface area contributed by atoms with Gasteiger partial charge in [0.25, 0.3) is 0 Å². The van der Waals surface area contributed by atoms with Crippen molar-refractivity contribution in [1.82, 2.24) is 9.88 Å². The van der Waals surface area contributed by atoms with Gasteiger partial charge < -0.3 is 10.1 Å². The molecule has 1 atom stereocenters. The van der Waals surface area contributed by atoms with Gasteiger partial charge in [-0.3, -0.25) is 4.90 Å². The largest absolute Gasteiger partial charge is 0.395 e. The molecule has 1 aliphatic heterocycles. The van der Waals surface area contributed by atoms with E-state index in [1.165, 1.54) is 11.6 Å². The highest BCUT2D eigenvalue weighted by Crippen LogP contribution is 2.35. The maximum atomic E-state index is 13.8. The van der Waals surface area contributed by atoms with Crippen molar-refractivity contribution in [2.45, 2.75) is 18.4 Å². The number of aliphatic hydroxyl groups is 1. The highest BCUT2D eigenvalue weighted by atomic mass is 19.1. The van der Waals surface area contributed by atoms with Crippen molar-refractivity contribution >= 4 is 10.9 Å². The molecule has 1 aliphatic rings. The minimum atomic E-state index is -0.196. The molecule has 124 valence electrons. The van der Waals surface area contributed by atoms with Gasteiger partial charge in [0.1, 0.15) is 5.82 Å². The SMILES string of the molecule is OCC1(c2ccccc2)CCN(Cc2cc3c(F)cccc3[nH]2)C1. The van der Waals surface area contributed by atoms with Crippen LogP contribution < -0.4 is 0 Å². The van der Waals surface area contributed by atoms with E-state index in [2.05, 4.69) is 22.0 Å². The predicted molar refractivity (Wildman–Crippen MR) is 93.4 cm³/mol. The van der Waals surface area contributed by atoms with Crippen LogP contribution in [0.15, 0.2) is 54.6 Å². The van der Waals surface area contributed by atoms with Crippen LogP contribution in [-0.2, 0) is 12.0 Å². The summed E-state index contributed by atoms with van der Waals surface area (Å²) in [6.07, 6.45) is 0.933. The quantitative estimate of drug-likeness (QED) is 0.772. The number of likely N-dealkylation sites (tertiary alicyclic amines) is 1. The van der Waals surface area contributed by atoms with Crippen molar-refractivity contribution in [3.05, 3.63) is 71.7 Å². The van der Waals surface area contributed by atoms with E-state index in [0.29, 0.717) is 5.39 Å². The third-order valence-electron chi connectivity index (χ3n) is 5.18. The van der Waals surface area contributed by atoms with Crippen molar-refractivity contribution in [2.24, 2.45) is 0 Å². The molecule has 0 bridgehead atoms. The lowest BCUT2D eigenvalue weighted by atomic mass is 9.80. The molecule has 1 aromatic heterocycles. The summed E-state index contributed by atoms with van der Waals surface area (Å²) in [5.74, 6) is -0.189. The Morgan fingerprint density at radius 3 is 2.71 bits per heavy atom. The smallest absolute Gasteiger partial charge is 0.132 e.